The second-order valence-corrected chi connectivity index (χ2v) is 8.50. The van der Waals surface area contributed by atoms with E-state index in [1.165, 1.54) is 0 Å². The van der Waals surface area contributed by atoms with Crippen molar-refractivity contribution >= 4 is 17.5 Å². The van der Waals surface area contributed by atoms with Crippen LogP contribution in [0.1, 0.15) is 30.0 Å². The molecule has 2 atom stereocenters. The van der Waals surface area contributed by atoms with Crippen molar-refractivity contribution in [3.63, 3.8) is 0 Å². The highest BCUT2D eigenvalue weighted by atomic mass is 16.5. The zero-order chi connectivity index (χ0) is 24.1. The highest BCUT2D eigenvalue weighted by molar-refractivity contribution is 5.97. The topological polar surface area (TPSA) is 59.1 Å². The van der Waals surface area contributed by atoms with Gasteiger partial charge in [0.2, 0.25) is 11.8 Å². The van der Waals surface area contributed by atoms with Gasteiger partial charge in [0.15, 0.2) is 0 Å². The van der Waals surface area contributed by atoms with Gasteiger partial charge in [-0.1, -0.05) is 42.5 Å². The molecule has 1 heterocycles. The van der Waals surface area contributed by atoms with Crippen molar-refractivity contribution in [1.82, 2.24) is 4.90 Å². The number of anilines is 1. The number of amides is 2. The number of benzene rings is 3. The summed E-state index contributed by atoms with van der Waals surface area (Å²) in [4.78, 5) is 30.5. The summed E-state index contributed by atoms with van der Waals surface area (Å²) in [5.74, 6) is 1.09. The van der Waals surface area contributed by atoms with Crippen LogP contribution in [0.3, 0.4) is 0 Å². The molecule has 6 nitrogen and oxygen atoms in total. The van der Waals surface area contributed by atoms with E-state index < -0.39 is 6.04 Å². The number of piperidine rings is 1. The van der Waals surface area contributed by atoms with Crippen LogP contribution in [0.15, 0.2) is 78.9 Å². The zero-order valence-electron chi connectivity index (χ0n) is 19.8. The lowest BCUT2D eigenvalue weighted by atomic mass is 9.82. The Bertz CT molecular complexity index is 1110. The Kier molecular flexibility index (Phi) is 7.16. The lowest BCUT2D eigenvalue weighted by molar-refractivity contribution is -0.137. The Morgan fingerprint density at radius 3 is 2.09 bits per heavy atom. The van der Waals surface area contributed by atoms with Crippen molar-refractivity contribution in [2.75, 3.05) is 26.2 Å². The average Bonchev–Trinajstić information content (AvgIpc) is 2.89. The van der Waals surface area contributed by atoms with Crippen molar-refractivity contribution < 1.29 is 19.1 Å². The van der Waals surface area contributed by atoms with E-state index >= 15 is 0 Å². The molecule has 1 aliphatic heterocycles. The van der Waals surface area contributed by atoms with Crippen molar-refractivity contribution in [1.29, 1.82) is 0 Å². The molecule has 0 radical (unpaired) electrons. The monoisotopic (exact) mass is 458 g/mol. The van der Waals surface area contributed by atoms with Gasteiger partial charge in [-0.05, 0) is 53.9 Å². The summed E-state index contributed by atoms with van der Waals surface area (Å²) in [7, 11) is 5.06. The van der Waals surface area contributed by atoms with Crippen LogP contribution in [0, 0.1) is 5.92 Å². The molecule has 3 aromatic carbocycles. The maximum absolute atomic E-state index is 13.7. The number of carbonyl (C=O) groups excluding carboxylic acids is 2. The molecule has 0 aliphatic carbocycles. The first-order valence-corrected chi connectivity index (χ1v) is 11.4. The minimum Gasteiger partial charge on any atom is -0.497 e. The van der Waals surface area contributed by atoms with Crippen molar-refractivity contribution in [2.24, 2.45) is 5.92 Å². The van der Waals surface area contributed by atoms with Crippen molar-refractivity contribution in [2.45, 2.75) is 25.4 Å². The largest absolute Gasteiger partial charge is 0.497 e. The summed E-state index contributed by atoms with van der Waals surface area (Å²) < 4.78 is 10.6. The molecule has 0 bridgehead atoms. The molecule has 6 heteroatoms. The van der Waals surface area contributed by atoms with E-state index in [0.717, 1.165) is 22.6 Å². The standard InChI is InChI=1S/C28H30N2O4/c1-29(19-20-7-5-4-6-8-20)28(32)25-17-18-26(31)30(22-11-15-24(34-3)16-12-22)27(25)21-9-13-23(33-2)14-10-21/h4-16,25,27H,17-19H2,1-3H3. The highest BCUT2D eigenvalue weighted by Crippen LogP contribution is 2.41. The summed E-state index contributed by atoms with van der Waals surface area (Å²) in [6.45, 7) is 0.516. The van der Waals surface area contributed by atoms with Gasteiger partial charge in [0.1, 0.15) is 11.5 Å². The first-order valence-electron chi connectivity index (χ1n) is 11.4. The molecule has 0 N–H and O–H groups in total. The molecule has 1 aliphatic rings. The Morgan fingerprint density at radius 2 is 1.50 bits per heavy atom. The van der Waals surface area contributed by atoms with E-state index in [1.54, 1.807) is 24.0 Å². The van der Waals surface area contributed by atoms with Crippen LogP contribution >= 0.6 is 0 Å². The smallest absolute Gasteiger partial charge is 0.228 e. The number of hydrogen-bond donors (Lipinski definition) is 0. The van der Waals surface area contributed by atoms with Crippen LogP contribution < -0.4 is 14.4 Å². The molecule has 4 rings (SSSR count). The van der Waals surface area contributed by atoms with E-state index in [9.17, 15) is 9.59 Å². The number of nitrogens with zero attached hydrogens (tertiary/aromatic N) is 2. The Labute approximate surface area is 200 Å². The Balaban J connectivity index is 1.71. The average molecular weight is 459 g/mol. The molecule has 3 aromatic rings. The van der Waals surface area contributed by atoms with Crippen LogP contribution in [0.5, 0.6) is 11.5 Å². The quantitative estimate of drug-likeness (QED) is 0.508. The van der Waals surface area contributed by atoms with Crippen LogP contribution in [0.2, 0.25) is 0 Å². The van der Waals surface area contributed by atoms with Gasteiger partial charge in [-0.2, -0.15) is 0 Å². The number of hydrogen-bond acceptors (Lipinski definition) is 4. The van der Waals surface area contributed by atoms with Gasteiger partial charge in [0, 0.05) is 25.7 Å². The van der Waals surface area contributed by atoms with Gasteiger partial charge in [0.05, 0.1) is 26.2 Å². The number of methoxy groups -OCH3 is 2. The normalized spacial score (nSPS) is 17.9. The van der Waals surface area contributed by atoms with Crippen LogP contribution in [-0.4, -0.2) is 38.0 Å². The molecular formula is C28H30N2O4. The lowest BCUT2D eigenvalue weighted by Gasteiger charge is -2.42. The van der Waals surface area contributed by atoms with Gasteiger partial charge < -0.3 is 19.3 Å². The Morgan fingerprint density at radius 1 is 0.912 bits per heavy atom. The first-order chi connectivity index (χ1) is 16.5. The van der Waals surface area contributed by atoms with Gasteiger partial charge in [-0.3, -0.25) is 9.59 Å². The van der Waals surface area contributed by atoms with E-state index in [4.69, 9.17) is 9.47 Å². The highest BCUT2D eigenvalue weighted by Gasteiger charge is 2.42. The Hall–Kier alpha value is -3.80. The fourth-order valence-corrected chi connectivity index (χ4v) is 4.60. The summed E-state index contributed by atoms with van der Waals surface area (Å²) in [6, 6.07) is 24.5. The fraction of sp³-hybridized carbons (Fsp3) is 0.286. The predicted molar refractivity (Wildman–Crippen MR) is 132 cm³/mol. The third-order valence-electron chi connectivity index (χ3n) is 6.36. The number of rotatable bonds is 7. The van der Waals surface area contributed by atoms with Crippen molar-refractivity contribution in [3.8, 4) is 11.5 Å². The molecule has 176 valence electrons. The van der Waals surface area contributed by atoms with Gasteiger partial charge in [0.25, 0.3) is 0 Å². The number of ether oxygens (including phenoxy) is 2. The summed E-state index contributed by atoms with van der Waals surface area (Å²) in [5.41, 5.74) is 2.71. The maximum atomic E-state index is 13.7. The second kappa shape index (κ2) is 10.4. The molecule has 0 saturated carbocycles. The van der Waals surface area contributed by atoms with E-state index in [2.05, 4.69) is 0 Å². The van der Waals surface area contributed by atoms with Crippen LogP contribution in [-0.2, 0) is 16.1 Å². The minimum atomic E-state index is -0.425. The molecule has 34 heavy (non-hydrogen) atoms. The summed E-state index contributed by atoms with van der Waals surface area (Å²) >= 11 is 0. The minimum absolute atomic E-state index is 0.000692. The summed E-state index contributed by atoms with van der Waals surface area (Å²) in [5, 5.41) is 0. The molecule has 0 aromatic heterocycles. The van der Waals surface area contributed by atoms with E-state index in [0.29, 0.717) is 25.1 Å². The van der Waals surface area contributed by atoms with Gasteiger partial charge in [-0.15, -0.1) is 0 Å². The fourth-order valence-electron chi connectivity index (χ4n) is 4.60. The zero-order valence-corrected chi connectivity index (χ0v) is 19.8. The van der Waals surface area contributed by atoms with E-state index in [-0.39, 0.29) is 17.7 Å². The van der Waals surface area contributed by atoms with Gasteiger partial charge in [-0.25, -0.2) is 0 Å². The molecule has 1 fully saturated rings. The molecule has 2 amide bonds. The molecular weight excluding hydrogens is 428 g/mol. The second-order valence-electron chi connectivity index (χ2n) is 8.50. The molecule has 0 spiro atoms. The van der Waals surface area contributed by atoms with Crippen LogP contribution in [0.25, 0.3) is 0 Å². The van der Waals surface area contributed by atoms with Crippen molar-refractivity contribution in [3.05, 3.63) is 90.0 Å². The predicted octanol–water partition coefficient (Wildman–Crippen LogP) is 4.85. The third kappa shape index (κ3) is 4.91. The third-order valence-corrected chi connectivity index (χ3v) is 6.36. The lowest BCUT2D eigenvalue weighted by Crippen LogP contribution is -2.48. The molecule has 1 saturated heterocycles. The summed E-state index contributed by atoms with van der Waals surface area (Å²) in [6.07, 6.45) is 0.814. The maximum Gasteiger partial charge on any atom is 0.228 e. The van der Waals surface area contributed by atoms with Crippen LogP contribution in [0.4, 0.5) is 5.69 Å². The number of carbonyl (C=O) groups is 2. The van der Waals surface area contributed by atoms with Gasteiger partial charge >= 0.3 is 0 Å². The van der Waals surface area contributed by atoms with E-state index in [1.807, 2.05) is 85.9 Å². The SMILES string of the molecule is COc1ccc(C2C(C(=O)N(C)Cc3ccccc3)CCC(=O)N2c2ccc(OC)cc2)cc1. The molecule has 2 unspecified atom stereocenters. The first kappa shape index (κ1) is 23.4.